The van der Waals surface area contributed by atoms with Crippen molar-refractivity contribution in [3.05, 3.63) is 80.7 Å². The maximum absolute atomic E-state index is 12.3. The van der Waals surface area contributed by atoms with E-state index in [1.165, 1.54) is 18.2 Å². The topological polar surface area (TPSA) is 90.7 Å². The molecule has 3 aromatic rings. The summed E-state index contributed by atoms with van der Waals surface area (Å²) in [5.74, 6) is -0.650. The number of fused-ring (bicyclic) bond motifs is 1. The summed E-state index contributed by atoms with van der Waals surface area (Å²) in [6, 6.07) is 11.2. The smallest absolute Gasteiger partial charge is 0.338 e. The van der Waals surface area contributed by atoms with Crippen molar-refractivity contribution >= 4 is 26.8 Å². The van der Waals surface area contributed by atoms with Gasteiger partial charge in [0.05, 0.1) is 11.3 Å². The van der Waals surface area contributed by atoms with Crippen LogP contribution in [-0.4, -0.2) is 20.6 Å². The molecule has 0 amide bonds. The first-order valence-electron chi connectivity index (χ1n) is 8.60. The van der Waals surface area contributed by atoms with Crippen LogP contribution in [0, 0.1) is 13.8 Å². The van der Waals surface area contributed by atoms with Crippen molar-refractivity contribution in [2.24, 2.45) is 0 Å². The molecule has 0 radical (unpaired) electrons. The fraction of sp³-hybridized carbons (Fsp3) is 0.238. The normalized spacial score (nSPS) is 11.5. The Morgan fingerprint density at radius 3 is 2.32 bits per heavy atom. The lowest BCUT2D eigenvalue weighted by molar-refractivity contribution is 0.0474. The fourth-order valence-electron chi connectivity index (χ4n) is 2.87. The van der Waals surface area contributed by atoms with Crippen LogP contribution in [0.2, 0.25) is 0 Å². The molecule has 1 aromatic heterocycles. The lowest BCUT2D eigenvalue weighted by Crippen LogP contribution is -2.08. The maximum atomic E-state index is 12.3. The molecule has 0 bridgehead atoms. The first-order chi connectivity index (χ1) is 13.1. The molecule has 0 unspecified atom stereocenters. The monoisotopic (exact) mass is 400 g/mol. The summed E-state index contributed by atoms with van der Waals surface area (Å²) in [6.07, 6.45) is 1.15. The van der Waals surface area contributed by atoms with Gasteiger partial charge in [-0.2, -0.15) is 0 Å². The zero-order valence-electron chi connectivity index (χ0n) is 15.8. The summed E-state index contributed by atoms with van der Waals surface area (Å²) >= 11 is 0. The standard InChI is InChI=1S/C21H20O6S/c1-13-8-18-17(10-20(22)27-19(18)9-14(13)2)11-26-21(23)16-6-4-15(5-7-16)12-28(3,24)25/h4-10H,11-12H2,1-3H3. The number of hydrogen-bond acceptors (Lipinski definition) is 6. The Morgan fingerprint density at radius 1 is 1.04 bits per heavy atom. The number of esters is 1. The summed E-state index contributed by atoms with van der Waals surface area (Å²) in [5, 5.41) is 0.721. The van der Waals surface area contributed by atoms with Gasteiger partial charge >= 0.3 is 11.6 Å². The van der Waals surface area contributed by atoms with Crippen molar-refractivity contribution in [2.75, 3.05) is 6.26 Å². The van der Waals surface area contributed by atoms with Gasteiger partial charge in [-0.1, -0.05) is 12.1 Å². The minimum absolute atomic E-state index is 0.0749. The Labute approximate surface area is 162 Å². The van der Waals surface area contributed by atoms with Gasteiger partial charge in [0.25, 0.3) is 0 Å². The maximum Gasteiger partial charge on any atom is 0.338 e. The largest absolute Gasteiger partial charge is 0.457 e. The second kappa shape index (κ2) is 7.59. The zero-order chi connectivity index (χ0) is 20.5. The molecule has 0 fully saturated rings. The predicted octanol–water partition coefficient (Wildman–Crippen LogP) is 3.31. The number of rotatable bonds is 5. The van der Waals surface area contributed by atoms with Crippen molar-refractivity contribution < 1.29 is 22.4 Å². The highest BCUT2D eigenvalue weighted by molar-refractivity contribution is 7.89. The zero-order valence-corrected chi connectivity index (χ0v) is 16.6. The molecule has 0 atom stereocenters. The molecule has 3 rings (SSSR count). The van der Waals surface area contributed by atoms with E-state index in [1.54, 1.807) is 18.2 Å². The number of ether oxygens (including phenoxy) is 1. The van der Waals surface area contributed by atoms with E-state index in [2.05, 4.69) is 0 Å². The van der Waals surface area contributed by atoms with E-state index in [-0.39, 0.29) is 12.4 Å². The van der Waals surface area contributed by atoms with E-state index in [0.717, 1.165) is 22.8 Å². The molecule has 0 spiro atoms. The molecule has 0 aliphatic heterocycles. The van der Waals surface area contributed by atoms with Crippen LogP contribution in [0.4, 0.5) is 0 Å². The summed E-state index contributed by atoms with van der Waals surface area (Å²) in [6.45, 7) is 3.80. The van der Waals surface area contributed by atoms with Gasteiger partial charge in [-0.25, -0.2) is 18.0 Å². The van der Waals surface area contributed by atoms with E-state index < -0.39 is 21.4 Å². The second-order valence-electron chi connectivity index (χ2n) is 6.87. The molecule has 0 N–H and O–H groups in total. The van der Waals surface area contributed by atoms with Gasteiger partial charge in [0, 0.05) is 23.3 Å². The van der Waals surface area contributed by atoms with Crippen molar-refractivity contribution in [1.82, 2.24) is 0 Å². The van der Waals surface area contributed by atoms with E-state index in [1.807, 2.05) is 19.9 Å². The third-order valence-electron chi connectivity index (χ3n) is 4.42. The summed E-state index contributed by atoms with van der Waals surface area (Å²) < 4.78 is 33.3. The van der Waals surface area contributed by atoms with Gasteiger partial charge in [0.1, 0.15) is 12.2 Å². The van der Waals surface area contributed by atoms with Crippen LogP contribution in [0.5, 0.6) is 0 Å². The minimum atomic E-state index is -3.14. The third-order valence-corrected chi connectivity index (χ3v) is 5.28. The van der Waals surface area contributed by atoms with Crippen molar-refractivity contribution in [2.45, 2.75) is 26.2 Å². The molecule has 0 saturated heterocycles. The van der Waals surface area contributed by atoms with Crippen LogP contribution in [-0.2, 0) is 26.9 Å². The Kier molecular flexibility index (Phi) is 5.38. The molecule has 0 aliphatic carbocycles. The molecule has 6 nitrogen and oxygen atoms in total. The van der Waals surface area contributed by atoms with Crippen LogP contribution in [0.15, 0.2) is 51.7 Å². The van der Waals surface area contributed by atoms with E-state index >= 15 is 0 Å². The van der Waals surface area contributed by atoms with Gasteiger partial charge in [0.2, 0.25) is 0 Å². The van der Waals surface area contributed by atoms with Gasteiger partial charge in [-0.15, -0.1) is 0 Å². The van der Waals surface area contributed by atoms with Crippen LogP contribution in [0.25, 0.3) is 11.0 Å². The molecular weight excluding hydrogens is 380 g/mol. The Balaban J connectivity index is 1.79. The number of carbonyl (C=O) groups excluding carboxylic acids is 1. The lowest BCUT2D eigenvalue weighted by atomic mass is 10.0. The van der Waals surface area contributed by atoms with Crippen molar-refractivity contribution in [3.8, 4) is 0 Å². The summed E-state index contributed by atoms with van der Waals surface area (Å²) in [4.78, 5) is 24.1. The van der Waals surface area contributed by atoms with E-state index in [0.29, 0.717) is 22.3 Å². The molecule has 2 aromatic carbocycles. The molecular formula is C21H20O6S. The molecule has 1 heterocycles. The number of benzene rings is 2. The van der Waals surface area contributed by atoms with Gasteiger partial charge < -0.3 is 9.15 Å². The summed E-state index contributed by atoms with van der Waals surface area (Å²) in [7, 11) is -3.14. The first kappa shape index (κ1) is 19.8. The third kappa shape index (κ3) is 4.67. The van der Waals surface area contributed by atoms with E-state index in [4.69, 9.17) is 9.15 Å². The van der Waals surface area contributed by atoms with Crippen molar-refractivity contribution in [1.29, 1.82) is 0 Å². The van der Waals surface area contributed by atoms with Crippen molar-refractivity contribution in [3.63, 3.8) is 0 Å². The Bertz CT molecular complexity index is 1200. The van der Waals surface area contributed by atoms with Crippen LogP contribution < -0.4 is 5.63 Å². The first-order valence-corrected chi connectivity index (χ1v) is 10.7. The number of aryl methyl sites for hydroxylation is 2. The quantitative estimate of drug-likeness (QED) is 0.482. The van der Waals surface area contributed by atoms with E-state index in [9.17, 15) is 18.0 Å². The highest BCUT2D eigenvalue weighted by atomic mass is 32.2. The molecule has 0 saturated carbocycles. The van der Waals surface area contributed by atoms with Crippen LogP contribution in [0.1, 0.15) is 32.6 Å². The average molecular weight is 400 g/mol. The Hall–Kier alpha value is -2.93. The van der Waals surface area contributed by atoms with Crippen LogP contribution >= 0.6 is 0 Å². The number of sulfone groups is 1. The van der Waals surface area contributed by atoms with Gasteiger partial charge in [0.15, 0.2) is 9.84 Å². The summed E-state index contributed by atoms with van der Waals surface area (Å²) in [5.41, 5.74) is 3.44. The highest BCUT2D eigenvalue weighted by Gasteiger charge is 2.12. The lowest BCUT2D eigenvalue weighted by Gasteiger charge is -2.09. The van der Waals surface area contributed by atoms with Gasteiger partial charge in [-0.05, 0) is 54.8 Å². The predicted molar refractivity (Wildman–Crippen MR) is 106 cm³/mol. The molecule has 146 valence electrons. The molecule has 28 heavy (non-hydrogen) atoms. The van der Waals surface area contributed by atoms with Gasteiger partial charge in [-0.3, -0.25) is 0 Å². The molecule has 7 heteroatoms. The fourth-order valence-corrected chi connectivity index (χ4v) is 3.67. The SMILES string of the molecule is Cc1cc2oc(=O)cc(COC(=O)c3ccc(CS(C)(=O)=O)cc3)c2cc1C. The second-order valence-corrected chi connectivity index (χ2v) is 9.01. The number of hydrogen-bond donors (Lipinski definition) is 0. The average Bonchev–Trinajstić information content (AvgIpc) is 2.60. The molecule has 0 aliphatic rings. The minimum Gasteiger partial charge on any atom is -0.457 e. The number of carbonyl (C=O) groups is 1. The Morgan fingerprint density at radius 2 is 1.68 bits per heavy atom. The highest BCUT2D eigenvalue weighted by Crippen LogP contribution is 2.22. The van der Waals surface area contributed by atoms with Crippen LogP contribution in [0.3, 0.4) is 0 Å².